The van der Waals surface area contributed by atoms with Crippen molar-refractivity contribution in [3.63, 3.8) is 0 Å². The zero-order chi connectivity index (χ0) is 24.3. The van der Waals surface area contributed by atoms with Gasteiger partial charge in [0.2, 0.25) is 21.8 Å². The van der Waals surface area contributed by atoms with Crippen LogP contribution in [0.15, 0.2) is 23.1 Å². The second-order valence-corrected chi connectivity index (χ2v) is 11.6. The van der Waals surface area contributed by atoms with Gasteiger partial charge in [-0.15, -0.1) is 0 Å². The van der Waals surface area contributed by atoms with Gasteiger partial charge in [-0.2, -0.15) is 4.31 Å². The molecule has 1 saturated carbocycles. The average molecular weight is 491 g/mol. The highest BCUT2D eigenvalue weighted by molar-refractivity contribution is 7.89. The van der Waals surface area contributed by atoms with Crippen molar-refractivity contribution in [2.24, 2.45) is 11.8 Å². The predicted molar refractivity (Wildman–Crippen MR) is 133 cm³/mol. The predicted octanol–water partition coefficient (Wildman–Crippen LogP) is 3.29. The Hall–Kier alpha value is -2.13. The van der Waals surface area contributed by atoms with Crippen LogP contribution in [-0.4, -0.2) is 68.7 Å². The van der Waals surface area contributed by atoms with E-state index in [-0.39, 0.29) is 28.5 Å². The number of rotatable bonds is 8. The van der Waals surface area contributed by atoms with Crippen LogP contribution in [0, 0.1) is 11.8 Å². The smallest absolute Gasteiger partial charge is 0.243 e. The molecule has 0 radical (unpaired) electrons. The van der Waals surface area contributed by atoms with Crippen LogP contribution < -0.4 is 10.2 Å². The van der Waals surface area contributed by atoms with E-state index < -0.39 is 10.0 Å². The Labute approximate surface area is 203 Å². The highest BCUT2D eigenvalue weighted by atomic mass is 32.2. The fourth-order valence-electron chi connectivity index (χ4n) is 5.08. The van der Waals surface area contributed by atoms with E-state index in [1.54, 1.807) is 12.1 Å². The standard InChI is InChI=1S/C25H38N4O4S/c1-3-29(4-2)34(32,33)21-10-11-23(27-14-6-5-7-15-27)22(18-21)26-24(30)19-12-16-28(17-13-19)25(31)20-8-9-20/h10-11,18-20H,3-9,12-17H2,1-2H3,(H,26,30). The van der Waals surface area contributed by atoms with Gasteiger partial charge < -0.3 is 15.1 Å². The summed E-state index contributed by atoms with van der Waals surface area (Å²) in [5.74, 6) is 0.170. The molecule has 34 heavy (non-hydrogen) atoms. The van der Waals surface area contributed by atoms with Crippen molar-refractivity contribution in [1.82, 2.24) is 9.21 Å². The Bertz CT molecular complexity index is 990. The SMILES string of the molecule is CCN(CC)S(=O)(=O)c1ccc(N2CCCCC2)c(NC(=O)C2CCN(C(=O)C3CC3)CC2)c1. The summed E-state index contributed by atoms with van der Waals surface area (Å²) in [6.45, 7) is 7.46. The Kier molecular flexibility index (Phi) is 7.82. The van der Waals surface area contributed by atoms with Gasteiger partial charge in [-0.25, -0.2) is 8.42 Å². The normalized spacial score (nSPS) is 20.0. The number of carbonyl (C=O) groups is 2. The van der Waals surface area contributed by atoms with E-state index >= 15 is 0 Å². The second kappa shape index (κ2) is 10.6. The number of sulfonamides is 1. The molecule has 188 valence electrons. The Morgan fingerprint density at radius 1 is 0.941 bits per heavy atom. The number of nitrogens with zero attached hydrogens (tertiary/aromatic N) is 3. The van der Waals surface area contributed by atoms with E-state index in [9.17, 15) is 18.0 Å². The molecule has 1 aromatic rings. The first-order valence-corrected chi connectivity index (χ1v) is 14.3. The number of hydrogen-bond donors (Lipinski definition) is 1. The molecule has 1 aliphatic carbocycles. The lowest BCUT2D eigenvalue weighted by molar-refractivity contribution is -0.135. The molecule has 1 N–H and O–H groups in total. The highest BCUT2D eigenvalue weighted by Gasteiger charge is 2.36. The van der Waals surface area contributed by atoms with Crippen LogP contribution in [0.1, 0.15) is 58.8 Å². The summed E-state index contributed by atoms with van der Waals surface area (Å²) in [6.07, 6.45) is 6.61. The molecular weight excluding hydrogens is 452 g/mol. The van der Waals surface area contributed by atoms with Crippen molar-refractivity contribution in [2.45, 2.75) is 63.7 Å². The first-order valence-electron chi connectivity index (χ1n) is 12.8. The first kappa shape index (κ1) is 25.0. The fraction of sp³-hybridized carbons (Fsp3) is 0.680. The van der Waals surface area contributed by atoms with Crippen molar-refractivity contribution in [3.8, 4) is 0 Å². The van der Waals surface area contributed by atoms with Gasteiger partial charge in [-0.3, -0.25) is 9.59 Å². The van der Waals surface area contributed by atoms with E-state index in [0.29, 0.717) is 44.7 Å². The quantitative estimate of drug-likeness (QED) is 0.604. The van der Waals surface area contributed by atoms with Gasteiger partial charge in [0.15, 0.2) is 0 Å². The third-order valence-corrected chi connectivity index (χ3v) is 9.42. The third-order valence-electron chi connectivity index (χ3n) is 7.37. The topological polar surface area (TPSA) is 90.0 Å². The minimum atomic E-state index is -3.63. The lowest BCUT2D eigenvalue weighted by Crippen LogP contribution is -2.42. The van der Waals surface area contributed by atoms with E-state index in [4.69, 9.17) is 0 Å². The number of carbonyl (C=O) groups excluding carboxylic acids is 2. The van der Waals surface area contributed by atoms with Gasteiger partial charge in [0.1, 0.15) is 0 Å². The Balaban J connectivity index is 1.53. The van der Waals surface area contributed by atoms with Crippen molar-refractivity contribution < 1.29 is 18.0 Å². The molecule has 2 aliphatic heterocycles. The van der Waals surface area contributed by atoms with Gasteiger partial charge in [-0.05, 0) is 63.1 Å². The van der Waals surface area contributed by atoms with Gasteiger partial charge in [0.05, 0.1) is 16.3 Å². The summed E-state index contributed by atoms with van der Waals surface area (Å²) in [6, 6.07) is 5.13. The molecule has 0 bridgehead atoms. The molecule has 1 aromatic carbocycles. The van der Waals surface area contributed by atoms with Gasteiger partial charge >= 0.3 is 0 Å². The Morgan fingerprint density at radius 3 is 2.18 bits per heavy atom. The van der Waals surface area contributed by atoms with E-state index in [2.05, 4.69) is 10.2 Å². The van der Waals surface area contributed by atoms with Gasteiger partial charge in [0, 0.05) is 51.1 Å². The summed E-state index contributed by atoms with van der Waals surface area (Å²) < 4.78 is 27.7. The number of piperidine rings is 2. The second-order valence-electron chi connectivity index (χ2n) is 9.68. The fourth-order valence-corrected chi connectivity index (χ4v) is 6.57. The molecular formula is C25H38N4O4S. The summed E-state index contributed by atoms with van der Waals surface area (Å²) >= 11 is 0. The molecule has 4 rings (SSSR count). The molecule has 0 spiro atoms. The van der Waals surface area contributed by atoms with Gasteiger partial charge in [-0.1, -0.05) is 13.8 Å². The maximum Gasteiger partial charge on any atom is 0.243 e. The van der Waals surface area contributed by atoms with Crippen molar-refractivity contribution in [1.29, 1.82) is 0 Å². The molecule has 2 saturated heterocycles. The lowest BCUT2D eigenvalue weighted by Gasteiger charge is -2.33. The molecule has 3 fully saturated rings. The van der Waals surface area contributed by atoms with Crippen molar-refractivity contribution in [2.75, 3.05) is 49.5 Å². The van der Waals surface area contributed by atoms with Gasteiger partial charge in [0.25, 0.3) is 0 Å². The minimum Gasteiger partial charge on any atom is -0.370 e. The number of amides is 2. The van der Waals surface area contributed by atoms with Crippen LogP contribution in [-0.2, 0) is 19.6 Å². The van der Waals surface area contributed by atoms with E-state index in [1.165, 1.54) is 10.7 Å². The number of anilines is 2. The zero-order valence-electron chi connectivity index (χ0n) is 20.5. The average Bonchev–Trinajstić information content (AvgIpc) is 3.70. The minimum absolute atomic E-state index is 0.0887. The van der Waals surface area contributed by atoms with Crippen LogP contribution in [0.3, 0.4) is 0 Å². The molecule has 2 amide bonds. The first-order chi connectivity index (χ1) is 16.3. The molecule has 3 aliphatic rings. The molecule has 9 heteroatoms. The van der Waals surface area contributed by atoms with E-state index in [0.717, 1.165) is 44.5 Å². The van der Waals surface area contributed by atoms with Crippen LogP contribution in [0.5, 0.6) is 0 Å². The van der Waals surface area contributed by atoms with Crippen LogP contribution in [0.25, 0.3) is 0 Å². The zero-order valence-corrected chi connectivity index (χ0v) is 21.3. The molecule has 0 unspecified atom stereocenters. The molecule has 2 heterocycles. The summed E-state index contributed by atoms with van der Waals surface area (Å²) in [7, 11) is -3.63. The Morgan fingerprint density at radius 2 is 1.59 bits per heavy atom. The third kappa shape index (κ3) is 5.40. The van der Waals surface area contributed by atoms with Crippen LogP contribution in [0.4, 0.5) is 11.4 Å². The van der Waals surface area contributed by atoms with E-state index in [1.807, 2.05) is 24.8 Å². The maximum atomic E-state index is 13.2. The maximum absolute atomic E-state index is 13.2. The van der Waals surface area contributed by atoms with Crippen molar-refractivity contribution in [3.05, 3.63) is 18.2 Å². The summed E-state index contributed by atoms with van der Waals surface area (Å²) in [5, 5.41) is 3.08. The van der Waals surface area contributed by atoms with Crippen LogP contribution >= 0.6 is 0 Å². The van der Waals surface area contributed by atoms with Crippen molar-refractivity contribution >= 4 is 33.2 Å². The molecule has 8 nitrogen and oxygen atoms in total. The molecule has 0 aromatic heterocycles. The number of hydrogen-bond acceptors (Lipinski definition) is 5. The largest absolute Gasteiger partial charge is 0.370 e. The molecule has 0 atom stereocenters. The monoisotopic (exact) mass is 490 g/mol. The number of likely N-dealkylation sites (tertiary alicyclic amines) is 1. The highest BCUT2D eigenvalue weighted by Crippen LogP contribution is 2.34. The van der Waals surface area contributed by atoms with Crippen LogP contribution in [0.2, 0.25) is 0 Å². The summed E-state index contributed by atoms with van der Waals surface area (Å²) in [4.78, 5) is 29.9. The number of benzene rings is 1. The lowest BCUT2D eigenvalue weighted by atomic mass is 9.95. The summed E-state index contributed by atoms with van der Waals surface area (Å²) in [5.41, 5.74) is 1.45. The number of nitrogens with one attached hydrogen (secondary N) is 1.